The van der Waals surface area contributed by atoms with Crippen molar-refractivity contribution in [3.05, 3.63) is 0 Å². The number of rotatable bonds is 7. The van der Waals surface area contributed by atoms with Crippen LogP contribution in [0.1, 0.15) is 59.8 Å². The van der Waals surface area contributed by atoms with Crippen LogP contribution in [0.25, 0.3) is 0 Å². The van der Waals surface area contributed by atoms with Crippen LogP contribution in [0, 0.1) is 5.92 Å². The molecular formula is C21H40IN5O3. The van der Waals surface area contributed by atoms with Crippen LogP contribution in [0.4, 0.5) is 4.79 Å². The lowest BCUT2D eigenvalue weighted by molar-refractivity contribution is -0.120. The van der Waals surface area contributed by atoms with Crippen molar-refractivity contribution in [2.75, 3.05) is 39.8 Å². The number of halogens is 1. The van der Waals surface area contributed by atoms with Crippen LogP contribution in [0.5, 0.6) is 0 Å². The summed E-state index contributed by atoms with van der Waals surface area (Å²) in [6.07, 6.45) is 4.87. The highest BCUT2D eigenvalue weighted by atomic mass is 127. The van der Waals surface area contributed by atoms with E-state index in [-0.39, 0.29) is 48.6 Å². The molecule has 0 unspecified atom stereocenters. The molecular weight excluding hydrogens is 497 g/mol. The zero-order chi connectivity index (χ0) is 21.4. The number of hydrogen-bond acceptors (Lipinski definition) is 4. The molecule has 2 aliphatic rings. The molecule has 0 aromatic rings. The first-order valence-corrected chi connectivity index (χ1v) is 11.0. The first kappa shape index (κ1) is 26.8. The van der Waals surface area contributed by atoms with Crippen molar-refractivity contribution in [3.63, 3.8) is 0 Å². The minimum Gasteiger partial charge on any atom is -0.444 e. The van der Waals surface area contributed by atoms with Crippen molar-refractivity contribution in [2.45, 2.75) is 71.4 Å². The van der Waals surface area contributed by atoms with E-state index < -0.39 is 5.60 Å². The van der Waals surface area contributed by atoms with Crippen molar-refractivity contribution in [1.82, 2.24) is 20.4 Å². The Morgan fingerprint density at radius 3 is 2.27 bits per heavy atom. The molecule has 0 bridgehead atoms. The fourth-order valence-electron chi connectivity index (χ4n) is 3.48. The predicted octanol–water partition coefficient (Wildman–Crippen LogP) is 2.82. The molecule has 1 saturated heterocycles. The van der Waals surface area contributed by atoms with Crippen molar-refractivity contribution >= 4 is 41.9 Å². The lowest BCUT2D eigenvalue weighted by Crippen LogP contribution is -2.53. The van der Waals surface area contributed by atoms with Gasteiger partial charge in [-0.3, -0.25) is 9.79 Å². The van der Waals surface area contributed by atoms with E-state index in [0.29, 0.717) is 12.5 Å². The van der Waals surface area contributed by atoms with E-state index in [2.05, 4.69) is 20.5 Å². The fraction of sp³-hybridized carbons (Fsp3) is 0.857. The number of nitrogens with one attached hydrogen (secondary N) is 2. The normalized spacial score (nSPS) is 17.8. The van der Waals surface area contributed by atoms with Crippen molar-refractivity contribution < 1.29 is 14.3 Å². The summed E-state index contributed by atoms with van der Waals surface area (Å²) >= 11 is 0. The number of piperidine rings is 1. The summed E-state index contributed by atoms with van der Waals surface area (Å²) in [7, 11) is 1.73. The van der Waals surface area contributed by atoms with Gasteiger partial charge in [-0.2, -0.15) is 0 Å². The maximum atomic E-state index is 12.8. The highest BCUT2D eigenvalue weighted by molar-refractivity contribution is 14.0. The number of amides is 2. The number of guanidine groups is 1. The highest BCUT2D eigenvalue weighted by Gasteiger charge is 2.35. The van der Waals surface area contributed by atoms with Gasteiger partial charge in [0.1, 0.15) is 5.60 Å². The van der Waals surface area contributed by atoms with E-state index in [1.54, 1.807) is 7.05 Å². The largest absolute Gasteiger partial charge is 0.444 e. The molecule has 0 aromatic heterocycles. The monoisotopic (exact) mass is 537 g/mol. The van der Waals surface area contributed by atoms with E-state index in [1.807, 2.05) is 32.6 Å². The third-order valence-electron chi connectivity index (χ3n) is 5.18. The maximum absolute atomic E-state index is 12.8. The van der Waals surface area contributed by atoms with E-state index in [4.69, 9.17) is 4.74 Å². The minimum atomic E-state index is -0.482. The number of likely N-dealkylation sites (tertiary alicyclic amines) is 1. The van der Waals surface area contributed by atoms with Gasteiger partial charge in [0.15, 0.2) is 5.96 Å². The molecule has 2 fully saturated rings. The van der Waals surface area contributed by atoms with E-state index in [9.17, 15) is 9.59 Å². The molecule has 1 saturated carbocycles. The number of nitrogens with zero attached hydrogens (tertiary/aromatic N) is 3. The number of carbonyl (C=O) groups excluding carboxylic acids is 2. The van der Waals surface area contributed by atoms with E-state index in [0.717, 1.165) is 44.9 Å². The lowest BCUT2D eigenvalue weighted by Gasteiger charge is -2.40. The second kappa shape index (κ2) is 12.6. The van der Waals surface area contributed by atoms with Gasteiger partial charge < -0.3 is 25.2 Å². The zero-order valence-electron chi connectivity index (χ0n) is 19.2. The summed E-state index contributed by atoms with van der Waals surface area (Å²) in [6, 6.07) is 0.188. The Morgan fingerprint density at radius 1 is 1.13 bits per heavy atom. The van der Waals surface area contributed by atoms with Crippen LogP contribution in [0.15, 0.2) is 4.99 Å². The third-order valence-corrected chi connectivity index (χ3v) is 5.18. The molecule has 0 spiro atoms. The topological polar surface area (TPSA) is 86.3 Å². The molecule has 8 nitrogen and oxygen atoms in total. The van der Waals surface area contributed by atoms with Crippen molar-refractivity contribution in [2.24, 2.45) is 10.9 Å². The Morgan fingerprint density at radius 2 is 1.77 bits per heavy atom. The van der Waals surface area contributed by atoms with Gasteiger partial charge in [-0.15, -0.1) is 24.0 Å². The summed E-state index contributed by atoms with van der Waals surface area (Å²) in [4.78, 5) is 33.0. The second-order valence-electron chi connectivity index (χ2n) is 9.05. The first-order chi connectivity index (χ1) is 13.7. The van der Waals surface area contributed by atoms with Gasteiger partial charge in [-0.25, -0.2) is 4.79 Å². The second-order valence-corrected chi connectivity index (χ2v) is 9.05. The summed E-state index contributed by atoms with van der Waals surface area (Å²) in [5, 5.41) is 6.01. The Bertz CT molecular complexity index is 582. The average Bonchev–Trinajstić information content (AvgIpc) is 3.48. The van der Waals surface area contributed by atoms with Gasteiger partial charge in [0.25, 0.3) is 0 Å². The van der Waals surface area contributed by atoms with Gasteiger partial charge in [-0.05, 0) is 58.8 Å². The van der Waals surface area contributed by atoms with Crippen molar-refractivity contribution in [3.8, 4) is 0 Å². The third kappa shape index (κ3) is 9.26. The number of aliphatic imine (C=N–C) groups is 1. The summed E-state index contributed by atoms with van der Waals surface area (Å²) in [5.74, 6) is 1.33. The molecule has 0 radical (unpaired) electrons. The van der Waals surface area contributed by atoms with Crippen LogP contribution in [-0.2, 0) is 9.53 Å². The zero-order valence-corrected chi connectivity index (χ0v) is 21.5. The average molecular weight is 537 g/mol. The molecule has 2 N–H and O–H groups in total. The Kier molecular flexibility index (Phi) is 11.2. The van der Waals surface area contributed by atoms with Gasteiger partial charge in [0.2, 0.25) is 5.91 Å². The van der Waals surface area contributed by atoms with Crippen LogP contribution < -0.4 is 10.6 Å². The summed E-state index contributed by atoms with van der Waals surface area (Å²) in [6.45, 7) is 11.1. The summed E-state index contributed by atoms with van der Waals surface area (Å²) in [5.41, 5.74) is -0.482. The van der Waals surface area contributed by atoms with Crippen LogP contribution >= 0.6 is 24.0 Å². The number of carbonyl (C=O) groups is 2. The molecule has 1 heterocycles. The Labute approximate surface area is 198 Å². The number of ether oxygens (including phenoxy) is 1. The molecule has 1 aliphatic heterocycles. The molecule has 1 aliphatic carbocycles. The molecule has 2 amide bonds. The molecule has 2 rings (SSSR count). The number of hydrogen-bond donors (Lipinski definition) is 2. The van der Waals surface area contributed by atoms with E-state index in [1.165, 1.54) is 12.8 Å². The highest BCUT2D eigenvalue weighted by Crippen LogP contribution is 2.32. The van der Waals surface area contributed by atoms with Crippen LogP contribution in [0.3, 0.4) is 0 Å². The molecule has 0 atom stereocenters. The molecule has 30 heavy (non-hydrogen) atoms. The molecule has 0 aromatic carbocycles. The van der Waals surface area contributed by atoms with Gasteiger partial charge in [0, 0.05) is 39.3 Å². The van der Waals surface area contributed by atoms with Crippen LogP contribution in [-0.4, -0.2) is 79.2 Å². The van der Waals surface area contributed by atoms with Gasteiger partial charge in [0.05, 0.1) is 6.54 Å². The smallest absolute Gasteiger partial charge is 0.410 e. The minimum absolute atomic E-state index is 0. The lowest BCUT2D eigenvalue weighted by atomic mass is 10.0. The van der Waals surface area contributed by atoms with Crippen molar-refractivity contribution in [1.29, 1.82) is 0 Å². The first-order valence-electron chi connectivity index (χ1n) is 11.0. The maximum Gasteiger partial charge on any atom is 0.410 e. The van der Waals surface area contributed by atoms with E-state index >= 15 is 0 Å². The standard InChI is InChI=1S/C21H39N5O3.HI/c1-6-11-23-18(27)14-24-19(22-5)25-12-9-17(10-13-25)26(15-16-7-8-16)20(28)29-21(2,3)4;/h16-17H,6-15H2,1-5H3,(H,22,24)(H,23,27);1H. The van der Waals surface area contributed by atoms with Gasteiger partial charge >= 0.3 is 6.09 Å². The SMILES string of the molecule is CCCNC(=O)CNC(=NC)N1CCC(N(CC2CC2)C(=O)OC(C)(C)C)CC1.I. The quantitative estimate of drug-likeness (QED) is 0.297. The summed E-state index contributed by atoms with van der Waals surface area (Å²) < 4.78 is 5.67. The Hall–Kier alpha value is -1.26. The Balaban J connectivity index is 0.00000450. The predicted molar refractivity (Wildman–Crippen MR) is 130 cm³/mol. The molecule has 9 heteroatoms. The van der Waals surface area contributed by atoms with Gasteiger partial charge in [-0.1, -0.05) is 6.92 Å². The fourth-order valence-corrected chi connectivity index (χ4v) is 3.48. The van der Waals surface area contributed by atoms with Crippen LogP contribution in [0.2, 0.25) is 0 Å². The molecule has 174 valence electrons.